The second-order valence-corrected chi connectivity index (χ2v) is 6.62. The molecule has 8 heteroatoms. The number of pyridine rings is 1. The first-order valence-corrected chi connectivity index (χ1v) is 8.73. The maximum Gasteiger partial charge on any atom is 0.229 e. The molecule has 138 valence electrons. The Labute approximate surface area is 156 Å². The number of hydrogen-bond acceptors (Lipinski definition) is 4. The zero-order chi connectivity index (χ0) is 19.0. The molecule has 0 saturated carbocycles. The molecule has 4 heterocycles. The molecule has 27 heavy (non-hydrogen) atoms. The highest BCUT2D eigenvalue weighted by Crippen LogP contribution is 2.14. The minimum atomic E-state index is -0.0820. The van der Waals surface area contributed by atoms with Crippen molar-refractivity contribution in [3.05, 3.63) is 65.6 Å². The van der Waals surface area contributed by atoms with Crippen LogP contribution in [-0.4, -0.2) is 34.9 Å². The molecule has 0 aliphatic rings. The van der Waals surface area contributed by atoms with E-state index in [0.717, 1.165) is 28.3 Å². The number of nitrogens with one attached hydrogen (secondary N) is 1. The third-order valence-electron chi connectivity index (χ3n) is 4.65. The van der Waals surface area contributed by atoms with Crippen molar-refractivity contribution in [1.82, 2.24) is 28.9 Å². The van der Waals surface area contributed by atoms with Crippen LogP contribution in [-0.2, 0) is 24.8 Å². The van der Waals surface area contributed by atoms with Crippen LogP contribution < -0.4 is 5.32 Å². The lowest BCUT2D eigenvalue weighted by atomic mass is 10.1. The van der Waals surface area contributed by atoms with Gasteiger partial charge >= 0.3 is 0 Å². The van der Waals surface area contributed by atoms with Gasteiger partial charge in [-0.2, -0.15) is 10.2 Å². The number of fused-ring (bicyclic) bond motifs is 1. The Morgan fingerprint density at radius 3 is 2.81 bits per heavy atom. The average Bonchev–Trinajstić information content (AvgIpc) is 3.30. The summed E-state index contributed by atoms with van der Waals surface area (Å²) in [5.41, 5.74) is 5.33. The lowest BCUT2D eigenvalue weighted by Crippen LogP contribution is -2.15. The summed E-state index contributed by atoms with van der Waals surface area (Å²) in [4.78, 5) is 16.9. The molecule has 0 unspecified atom stereocenters. The van der Waals surface area contributed by atoms with Gasteiger partial charge in [0.25, 0.3) is 0 Å². The largest absolute Gasteiger partial charge is 0.323 e. The van der Waals surface area contributed by atoms with Crippen LogP contribution in [0, 0.1) is 13.8 Å². The van der Waals surface area contributed by atoms with Crippen molar-refractivity contribution < 1.29 is 4.79 Å². The van der Waals surface area contributed by atoms with Gasteiger partial charge in [0.15, 0.2) is 0 Å². The second kappa shape index (κ2) is 6.71. The predicted molar refractivity (Wildman–Crippen MR) is 102 cm³/mol. The maximum atomic E-state index is 12.4. The molecule has 4 aromatic heterocycles. The summed E-state index contributed by atoms with van der Waals surface area (Å²) >= 11 is 0. The van der Waals surface area contributed by atoms with Crippen LogP contribution in [0.2, 0.25) is 0 Å². The summed E-state index contributed by atoms with van der Waals surface area (Å²) in [5, 5.41) is 11.6. The van der Waals surface area contributed by atoms with Gasteiger partial charge in [0, 0.05) is 36.9 Å². The number of nitrogens with zero attached hydrogens (tertiary/aromatic N) is 6. The first-order valence-electron chi connectivity index (χ1n) is 8.73. The number of hydrogen-bond donors (Lipinski definition) is 1. The molecule has 0 saturated heterocycles. The lowest BCUT2D eigenvalue weighted by molar-refractivity contribution is -0.115. The highest BCUT2D eigenvalue weighted by Gasteiger charge is 2.14. The number of amides is 1. The monoisotopic (exact) mass is 363 g/mol. The highest BCUT2D eigenvalue weighted by atomic mass is 16.1. The van der Waals surface area contributed by atoms with E-state index in [-0.39, 0.29) is 5.91 Å². The van der Waals surface area contributed by atoms with Crippen LogP contribution in [0.3, 0.4) is 0 Å². The maximum absolute atomic E-state index is 12.4. The van der Waals surface area contributed by atoms with Gasteiger partial charge in [0.1, 0.15) is 5.65 Å². The molecule has 4 rings (SSSR count). The molecule has 0 aromatic carbocycles. The Bertz CT molecular complexity index is 1090. The van der Waals surface area contributed by atoms with E-state index in [1.165, 1.54) is 0 Å². The van der Waals surface area contributed by atoms with Gasteiger partial charge in [-0.05, 0) is 26.0 Å². The molecule has 0 aliphatic heterocycles. The van der Waals surface area contributed by atoms with Crippen molar-refractivity contribution in [1.29, 1.82) is 0 Å². The van der Waals surface area contributed by atoms with Crippen molar-refractivity contribution in [2.24, 2.45) is 7.05 Å². The second-order valence-electron chi connectivity index (χ2n) is 6.62. The van der Waals surface area contributed by atoms with Crippen molar-refractivity contribution >= 4 is 17.2 Å². The molecule has 0 fully saturated rings. The fourth-order valence-electron chi connectivity index (χ4n) is 3.18. The third-order valence-corrected chi connectivity index (χ3v) is 4.65. The van der Waals surface area contributed by atoms with Gasteiger partial charge in [0.2, 0.25) is 5.91 Å². The summed E-state index contributed by atoms with van der Waals surface area (Å²) in [6.45, 7) is 4.43. The topological polar surface area (TPSA) is 82.0 Å². The van der Waals surface area contributed by atoms with E-state index in [2.05, 4.69) is 20.5 Å². The number of carbonyl (C=O) groups is 1. The fraction of sp³-hybridized carbons (Fsp3) is 0.263. The smallest absolute Gasteiger partial charge is 0.229 e. The molecule has 0 bridgehead atoms. The third kappa shape index (κ3) is 3.46. The molecular formula is C19H21N7O. The van der Waals surface area contributed by atoms with E-state index in [1.54, 1.807) is 15.6 Å². The number of aryl methyl sites for hydroxylation is 2. The molecule has 1 N–H and O–H groups in total. The lowest BCUT2D eigenvalue weighted by Gasteiger charge is -2.03. The van der Waals surface area contributed by atoms with Gasteiger partial charge < -0.3 is 9.72 Å². The zero-order valence-electron chi connectivity index (χ0n) is 15.5. The molecule has 1 amide bonds. The van der Waals surface area contributed by atoms with Crippen molar-refractivity contribution in [2.75, 3.05) is 5.32 Å². The van der Waals surface area contributed by atoms with Crippen LogP contribution in [0.5, 0.6) is 0 Å². The summed E-state index contributed by atoms with van der Waals surface area (Å²) in [7, 11) is 1.88. The number of aromatic nitrogens is 6. The number of imidazole rings is 1. The minimum Gasteiger partial charge on any atom is -0.323 e. The predicted octanol–water partition coefficient (Wildman–Crippen LogP) is 2.11. The van der Waals surface area contributed by atoms with Crippen molar-refractivity contribution in [3.63, 3.8) is 0 Å². The molecule has 0 spiro atoms. The average molecular weight is 363 g/mol. The Morgan fingerprint density at radius 2 is 2.07 bits per heavy atom. The summed E-state index contributed by atoms with van der Waals surface area (Å²) in [6, 6.07) is 5.88. The fourth-order valence-corrected chi connectivity index (χ4v) is 3.18. The molecule has 4 aromatic rings. The van der Waals surface area contributed by atoms with Crippen LogP contribution in [0.25, 0.3) is 5.65 Å². The molecular weight excluding hydrogens is 342 g/mol. The Hall–Kier alpha value is -3.42. The molecule has 0 atom stereocenters. The molecule has 0 aliphatic carbocycles. The molecule has 0 radical (unpaired) electrons. The Kier molecular flexibility index (Phi) is 4.23. The van der Waals surface area contributed by atoms with Gasteiger partial charge in [-0.15, -0.1) is 0 Å². The minimum absolute atomic E-state index is 0.0820. The van der Waals surface area contributed by atoms with E-state index >= 15 is 0 Å². The van der Waals surface area contributed by atoms with Crippen LogP contribution in [0.4, 0.5) is 5.69 Å². The van der Waals surface area contributed by atoms with Crippen LogP contribution in [0.15, 0.2) is 43.0 Å². The van der Waals surface area contributed by atoms with Gasteiger partial charge in [-0.25, -0.2) is 4.98 Å². The number of rotatable bonds is 5. The number of anilines is 1. The molecule has 8 nitrogen and oxygen atoms in total. The van der Waals surface area contributed by atoms with Crippen LogP contribution in [0.1, 0.15) is 22.6 Å². The van der Waals surface area contributed by atoms with E-state index in [1.807, 2.05) is 62.1 Å². The van der Waals surface area contributed by atoms with Gasteiger partial charge in [-0.1, -0.05) is 6.07 Å². The van der Waals surface area contributed by atoms with E-state index in [0.29, 0.717) is 18.7 Å². The normalized spacial score (nSPS) is 11.2. The summed E-state index contributed by atoms with van der Waals surface area (Å²) in [6.07, 6.45) is 7.69. The Morgan fingerprint density at radius 1 is 1.22 bits per heavy atom. The van der Waals surface area contributed by atoms with E-state index in [9.17, 15) is 4.79 Å². The highest BCUT2D eigenvalue weighted by molar-refractivity contribution is 5.92. The van der Waals surface area contributed by atoms with Gasteiger partial charge in [-0.3, -0.25) is 14.2 Å². The number of carbonyl (C=O) groups excluding carboxylic acids is 1. The first kappa shape index (κ1) is 17.0. The Balaban J connectivity index is 1.42. The standard InChI is InChI=1S/C19H21N7O/c1-13-17(14(2)24(3)23-13)8-19(27)22-15-9-20-26(11-15)12-16-10-25-7-5-4-6-18(25)21-16/h4-7,9-11H,8,12H2,1-3H3,(H,22,27). The van der Waals surface area contributed by atoms with Gasteiger partial charge in [0.05, 0.1) is 36.2 Å². The van der Waals surface area contributed by atoms with E-state index < -0.39 is 0 Å². The van der Waals surface area contributed by atoms with Crippen molar-refractivity contribution in [2.45, 2.75) is 26.8 Å². The first-order chi connectivity index (χ1) is 13.0. The van der Waals surface area contributed by atoms with Crippen molar-refractivity contribution in [3.8, 4) is 0 Å². The van der Waals surface area contributed by atoms with E-state index in [4.69, 9.17) is 0 Å². The quantitative estimate of drug-likeness (QED) is 0.589. The SMILES string of the molecule is Cc1nn(C)c(C)c1CC(=O)Nc1cnn(Cc2cn3ccccc3n2)c1. The summed E-state index contributed by atoms with van der Waals surface area (Å²) in [5.74, 6) is -0.0820. The summed E-state index contributed by atoms with van der Waals surface area (Å²) < 4.78 is 5.53. The zero-order valence-corrected chi connectivity index (χ0v) is 15.5. The van der Waals surface area contributed by atoms with Crippen LogP contribution >= 0.6 is 0 Å².